The van der Waals surface area contributed by atoms with Gasteiger partial charge in [0.1, 0.15) is 5.75 Å². The number of rotatable bonds is 3. The van der Waals surface area contributed by atoms with Crippen LogP contribution in [0.1, 0.15) is 29.5 Å². The van der Waals surface area contributed by atoms with Crippen LogP contribution < -0.4 is 5.32 Å². The van der Waals surface area contributed by atoms with Crippen LogP contribution >= 0.6 is 11.3 Å². The van der Waals surface area contributed by atoms with E-state index in [9.17, 15) is 9.90 Å². The summed E-state index contributed by atoms with van der Waals surface area (Å²) >= 11 is 1.41. The molecule has 2 N–H and O–H groups in total. The van der Waals surface area contributed by atoms with Crippen LogP contribution in [0, 0.1) is 5.41 Å². The maximum absolute atomic E-state index is 13.2. The molecule has 4 nitrogen and oxygen atoms in total. The molecule has 0 radical (unpaired) electrons. The Morgan fingerprint density at radius 3 is 2.80 bits per heavy atom. The lowest BCUT2D eigenvalue weighted by Crippen LogP contribution is -2.37. The molecule has 0 saturated carbocycles. The molecule has 1 aliphatic rings. The Kier molecular flexibility index (Phi) is 3.81. The average Bonchev–Trinajstić information content (AvgIpc) is 3.21. The van der Waals surface area contributed by atoms with Gasteiger partial charge >= 0.3 is 0 Å². The number of amides is 1. The van der Waals surface area contributed by atoms with E-state index < -0.39 is 5.41 Å². The van der Waals surface area contributed by atoms with Crippen LogP contribution in [-0.4, -0.2) is 16.0 Å². The van der Waals surface area contributed by atoms with Gasteiger partial charge < -0.3 is 10.4 Å². The van der Waals surface area contributed by atoms with Crippen molar-refractivity contribution in [2.24, 2.45) is 5.41 Å². The zero-order chi connectivity index (χ0) is 17.4. The highest BCUT2D eigenvalue weighted by Gasteiger charge is 2.48. The second-order valence-electron chi connectivity index (χ2n) is 6.61. The van der Waals surface area contributed by atoms with Crippen molar-refractivity contribution in [2.75, 3.05) is 5.32 Å². The smallest absolute Gasteiger partial charge is 0.233 e. The fourth-order valence-electron chi connectivity index (χ4n) is 3.80. The van der Waals surface area contributed by atoms with E-state index in [1.165, 1.54) is 11.3 Å². The Labute approximate surface area is 150 Å². The molecule has 25 heavy (non-hydrogen) atoms. The SMILES string of the molecule is C[C@]1(C(=O)Nc2nccs2)Cc2cc(O)ccc2[C@H]1c1ccccc1. The number of nitrogens with zero attached hydrogens (tertiary/aromatic N) is 1. The summed E-state index contributed by atoms with van der Waals surface area (Å²) in [7, 11) is 0. The van der Waals surface area contributed by atoms with Gasteiger partial charge in [-0.25, -0.2) is 4.98 Å². The third-order valence-electron chi connectivity index (χ3n) is 4.94. The van der Waals surface area contributed by atoms with Crippen molar-refractivity contribution in [1.29, 1.82) is 0 Å². The highest BCUT2D eigenvalue weighted by atomic mass is 32.1. The van der Waals surface area contributed by atoms with Gasteiger partial charge in [-0.05, 0) is 42.2 Å². The first kappa shape index (κ1) is 15.8. The number of nitrogens with one attached hydrogen (secondary N) is 1. The van der Waals surface area contributed by atoms with Crippen molar-refractivity contribution in [3.05, 3.63) is 76.8 Å². The lowest BCUT2D eigenvalue weighted by molar-refractivity contribution is -0.125. The third kappa shape index (κ3) is 2.70. The zero-order valence-electron chi connectivity index (χ0n) is 13.8. The Morgan fingerprint density at radius 1 is 1.28 bits per heavy atom. The third-order valence-corrected chi connectivity index (χ3v) is 5.63. The Balaban J connectivity index is 1.79. The number of phenols is 1. The van der Waals surface area contributed by atoms with Crippen LogP contribution in [0.25, 0.3) is 0 Å². The molecule has 1 aromatic heterocycles. The topological polar surface area (TPSA) is 62.2 Å². The number of fused-ring (bicyclic) bond motifs is 1. The van der Waals surface area contributed by atoms with Crippen molar-refractivity contribution in [3.8, 4) is 5.75 Å². The highest BCUT2D eigenvalue weighted by molar-refractivity contribution is 7.13. The van der Waals surface area contributed by atoms with Gasteiger partial charge in [-0.3, -0.25) is 4.79 Å². The number of hydrogen-bond acceptors (Lipinski definition) is 4. The van der Waals surface area contributed by atoms with Crippen LogP contribution in [0.3, 0.4) is 0 Å². The van der Waals surface area contributed by atoms with Gasteiger partial charge in [-0.1, -0.05) is 36.4 Å². The lowest BCUT2D eigenvalue weighted by Gasteiger charge is -2.30. The van der Waals surface area contributed by atoms with E-state index in [4.69, 9.17) is 0 Å². The molecule has 2 aromatic carbocycles. The van der Waals surface area contributed by atoms with E-state index in [0.29, 0.717) is 11.6 Å². The van der Waals surface area contributed by atoms with Gasteiger partial charge in [0, 0.05) is 17.5 Å². The van der Waals surface area contributed by atoms with Gasteiger partial charge in [0.15, 0.2) is 5.13 Å². The monoisotopic (exact) mass is 350 g/mol. The Morgan fingerprint density at radius 2 is 2.08 bits per heavy atom. The summed E-state index contributed by atoms with van der Waals surface area (Å²) in [5, 5.41) is 15.3. The second kappa shape index (κ2) is 6.01. The number of benzene rings is 2. The maximum atomic E-state index is 13.2. The number of hydrogen-bond donors (Lipinski definition) is 2. The summed E-state index contributed by atoms with van der Waals surface area (Å²) in [5.41, 5.74) is 2.57. The molecule has 1 heterocycles. The summed E-state index contributed by atoms with van der Waals surface area (Å²) < 4.78 is 0. The molecule has 0 unspecified atom stereocenters. The van der Waals surface area contributed by atoms with Crippen LogP contribution in [0.4, 0.5) is 5.13 Å². The molecule has 4 rings (SSSR count). The molecule has 0 aliphatic heterocycles. The summed E-state index contributed by atoms with van der Waals surface area (Å²) in [6.45, 7) is 1.99. The molecule has 1 aliphatic carbocycles. The van der Waals surface area contributed by atoms with Crippen LogP contribution in [0.15, 0.2) is 60.1 Å². The van der Waals surface area contributed by atoms with Gasteiger partial charge in [0.25, 0.3) is 0 Å². The number of anilines is 1. The highest BCUT2D eigenvalue weighted by Crippen LogP contribution is 2.51. The summed E-state index contributed by atoms with van der Waals surface area (Å²) in [4.78, 5) is 17.3. The summed E-state index contributed by atoms with van der Waals surface area (Å²) in [6.07, 6.45) is 2.26. The van der Waals surface area contributed by atoms with Crippen LogP contribution in [0.5, 0.6) is 5.75 Å². The molecule has 3 aromatic rings. The number of aromatic nitrogens is 1. The quantitative estimate of drug-likeness (QED) is 0.745. The molecule has 1 amide bonds. The van der Waals surface area contributed by atoms with Crippen molar-refractivity contribution < 1.29 is 9.90 Å². The minimum atomic E-state index is -0.650. The molecule has 0 bridgehead atoms. The Hall–Kier alpha value is -2.66. The van der Waals surface area contributed by atoms with Gasteiger partial charge in [-0.2, -0.15) is 0 Å². The van der Waals surface area contributed by atoms with Crippen molar-refractivity contribution in [3.63, 3.8) is 0 Å². The van der Waals surface area contributed by atoms with Crippen molar-refractivity contribution >= 4 is 22.4 Å². The fourth-order valence-corrected chi connectivity index (χ4v) is 4.32. The lowest BCUT2D eigenvalue weighted by atomic mass is 9.73. The van der Waals surface area contributed by atoms with Crippen molar-refractivity contribution in [2.45, 2.75) is 19.3 Å². The minimum absolute atomic E-state index is 0.0491. The summed E-state index contributed by atoms with van der Waals surface area (Å²) in [5.74, 6) is 0.117. The number of carbonyl (C=O) groups excluding carboxylic acids is 1. The fraction of sp³-hybridized carbons (Fsp3) is 0.200. The molecule has 5 heteroatoms. The van der Waals surface area contributed by atoms with Crippen LogP contribution in [-0.2, 0) is 11.2 Å². The van der Waals surface area contributed by atoms with Gasteiger partial charge in [0.2, 0.25) is 5.91 Å². The number of aromatic hydroxyl groups is 1. The second-order valence-corrected chi connectivity index (χ2v) is 7.51. The van der Waals surface area contributed by atoms with Crippen LogP contribution in [0.2, 0.25) is 0 Å². The largest absolute Gasteiger partial charge is 0.508 e. The normalized spacial score (nSPS) is 21.7. The van der Waals surface area contributed by atoms with E-state index >= 15 is 0 Å². The van der Waals surface area contributed by atoms with E-state index in [1.54, 1.807) is 18.3 Å². The van der Waals surface area contributed by atoms with E-state index in [1.807, 2.05) is 36.6 Å². The minimum Gasteiger partial charge on any atom is -0.508 e. The summed E-state index contributed by atoms with van der Waals surface area (Å²) in [6, 6.07) is 15.5. The maximum Gasteiger partial charge on any atom is 0.233 e. The van der Waals surface area contributed by atoms with E-state index in [0.717, 1.165) is 16.7 Å². The predicted octanol–water partition coefficient (Wildman–Crippen LogP) is 4.18. The first-order valence-electron chi connectivity index (χ1n) is 8.15. The van der Waals surface area contributed by atoms with Crippen molar-refractivity contribution in [1.82, 2.24) is 4.98 Å². The van der Waals surface area contributed by atoms with Gasteiger partial charge in [0.05, 0.1) is 5.41 Å². The first-order chi connectivity index (χ1) is 12.1. The molecular formula is C20H18N2O2S. The van der Waals surface area contributed by atoms with E-state index in [-0.39, 0.29) is 17.6 Å². The zero-order valence-corrected chi connectivity index (χ0v) is 14.6. The average molecular weight is 350 g/mol. The molecular weight excluding hydrogens is 332 g/mol. The molecule has 0 fully saturated rings. The molecule has 0 saturated heterocycles. The predicted molar refractivity (Wildman–Crippen MR) is 98.9 cm³/mol. The number of phenolic OH excluding ortho intramolecular Hbond substituents is 1. The molecule has 0 spiro atoms. The standard InChI is InChI=1S/C20H18N2O2S/c1-20(18(24)22-19-21-9-10-25-19)12-14-11-15(23)7-8-16(14)17(20)13-5-3-2-4-6-13/h2-11,17,23H,12H2,1H3,(H,21,22,24)/t17-,20+/m1/s1. The molecule has 126 valence electrons. The first-order valence-corrected chi connectivity index (χ1v) is 9.03. The number of carbonyl (C=O) groups is 1. The van der Waals surface area contributed by atoms with Gasteiger partial charge in [-0.15, -0.1) is 11.3 Å². The van der Waals surface area contributed by atoms with E-state index in [2.05, 4.69) is 22.4 Å². The molecule has 2 atom stereocenters. The Bertz CT molecular complexity index is 909. The number of thiazole rings is 1.